The number of nitrogens with zero attached hydrogens (tertiary/aromatic N) is 3. The van der Waals surface area contributed by atoms with Crippen LogP contribution < -0.4 is 15.0 Å². The van der Waals surface area contributed by atoms with Crippen molar-refractivity contribution < 1.29 is 23.5 Å². The van der Waals surface area contributed by atoms with Gasteiger partial charge in [0.25, 0.3) is 17.7 Å². The number of carbonyl (C=O) groups excluding carboxylic acids is 3. The first kappa shape index (κ1) is 27.2. The van der Waals surface area contributed by atoms with Gasteiger partial charge in [-0.25, -0.2) is 4.39 Å². The van der Waals surface area contributed by atoms with E-state index in [0.29, 0.717) is 67.4 Å². The molecular weight excluding hydrogens is 511 g/mol. The van der Waals surface area contributed by atoms with Crippen LogP contribution in [0.2, 0.25) is 0 Å². The summed E-state index contributed by atoms with van der Waals surface area (Å²) in [7, 11) is 1.55. The summed E-state index contributed by atoms with van der Waals surface area (Å²) in [5.74, 6) is -0.430. The Hall–Kier alpha value is -4.40. The lowest BCUT2D eigenvalue weighted by molar-refractivity contribution is 0.0718. The lowest BCUT2D eigenvalue weighted by atomic mass is 10.0. The molecule has 2 aliphatic heterocycles. The molecule has 0 radical (unpaired) electrons. The van der Waals surface area contributed by atoms with Crippen LogP contribution in [-0.2, 0) is 0 Å². The fraction of sp³-hybridized carbons (Fsp3) is 0.323. The van der Waals surface area contributed by atoms with Crippen LogP contribution in [0.15, 0.2) is 66.7 Å². The van der Waals surface area contributed by atoms with Crippen LogP contribution in [0, 0.1) is 5.82 Å². The molecule has 0 unspecified atom stereocenters. The molecule has 3 amide bonds. The molecular formula is C31H33FN4O4. The molecule has 2 fully saturated rings. The summed E-state index contributed by atoms with van der Waals surface area (Å²) >= 11 is 0. The number of benzene rings is 3. The zero-order chi connectivity index (χ0) is 28.1. The van der Waals surface area contributed by atoms with E-state index in [1.807, 2.05) is 11.0 Å². The van der Waals surface area contributed by atoms with E-state index in [4.69, 9.17) is 4.74 Å². The largest absolute Gasteiger partial charge is 0.497 e. The normalized spacial score (nSPS) is 15.5. The van der Waals surface area contributed by atoms with Crippen molar-refractivity contribution in [2.24, 2.45) is 0 Å². The van der Waals surface area contributed by atoms with Crippen LogP contribution in [0.3, 0.4) is 0 Å². The smallest absolute Gasteiger partial charge is 0.256 e. The third-order valence-electron chi connectivity index (χ3n) is 7.44. The van der Waals surface area contributed by atoms with Gasteiger partial charge in [-0.1, -0.05) is 12.1 Å². The van der Waals surface area contributed by atoms with Crippen molar-refractivity contribution in [3.63, 3.8) is 0 Å². The Morgan fingerprint density at radius 1 is 0.750 bits per heavy atom. The van der Waals surface area contributed by atoms with Crippen LogP contribution >= 0.6 is 0 Å². The molecule has 0 spiro atoms. The summed E-state index contributed by atoms with van der Waals surface area (Å²) in [6.07, 6.45) is 3.04. The van der Waals surface area contributed by atoms with Gasteiger partial charge in [-0.2, -0.15) is 0 Å². The predicted octanol–water partition coefficient (Wildman–Crippen LogP) is 4.68. The first-order valence-electron chi connectivity index (χ1n) is 13.6. The third kappa shape index (κ3) is 6.09. The fourth-order valence-corrected chi connectivity index (χ4v) is 5.25. The lowest BCUT2D eigenvalue weighted by Crippen LogP contribution is -2.49. The Labute approximate surface area is 233 Å². The molecule has 1 N–H and O–H groups in total. The molecule has 5 rings (SSSR count). The van der Waals surface area contributed by atoms with Gasteiger partial charge in [0.1, 0.15) is 11.6 Å². The monoisotopic (exact) mass is 544 g/mol. The summed E-state index contributed by atoms with van der Waals surface area (Å²) < 4.78 is 18.9. The number of rotatable bonds is 6. The number of methoxy groups -OCH3 is 1. The number of halogens is 1. The van der Waals surface area contributed by atoms with Gasteiger partial charge < -0.3 is 24.8 Å². The summed E-state index contributed by atoms with van der Waals surface area (Å²) in [5.41, 5.74) is 2.59. The lowest BCUT2D eigenvalue weighted by Gasteiger charge is -2.37. The second kappa shape index (κ2) is 12.2. The number of amides is 3. The molecule has 0 saturated carbocycles. The first-order valence-corrected chi connectivity index (χ1v) is 13.6. The van der Waals surface area contributed by atoms with Gasteiger partial charge in [0.2, 0.25) is 0 Å². The molecule has 8 nitrogen and oxygen atoms in total. The number of nitrogens with one attached hydrogen (secondary N) is 1. The number of hydrogen-bond acceptors (Lipinski definition) is 5. The van der Waals surface area contributed by atoms with E-state index in [0.717, 1.165) is 24.9 Å². The van der Waals surface area contributed by atoms with Crippen LogP contribution in [0.25, 0.3) is 0 Å². The summed E-state index contributed by atoms with van der Waals surface area (Å²) in [5, 5.41) is 2.92. The van der Waals surface area contributed by atoms with Crippen molar-refractivity contribution in [3.8, 4) is 5.75 Å². The van der Waals surface area contributed by atoms with Crippen molar-refractivity contribution in [1.82, 2.24) is 9.80 Å². The average molecular weight is 545 g/mol. The number of piperazine rings is 1. The predicted molar refractivity (Wildman–Crippen MR) is 152 cm³/mol. The molecule has 2 saturated heterocycles. The summed E-state index contributed by atoms with van der Waals surface area (Å²) in [4.78, 5) is 45.3. The van der Waals surface area contributed by atoms with Crippen molar-refractivity contribution in [2.75, 3.05) is 56.6 Å². The molecule has 3 aromatic carbocycles. The standard InChI is InChI=1S/C31H33FN4O4/c1-40-26-10-6-7-22(20-26)29(37)33-25-11-12-28(27(21-25)31(39)35-13-3-2-4-14-35)34-15-17-36(18-16-34)30(38)23-8-5-9-24(32)19-23/h5-12,19-21H,2-4,13-18H2,1H3,(H,33,37). The molecule has 2 heterocycles. The van der Waals surface area contributed by atoms with Gasteiger partial charge >= 0.3 is 0 Å². The quantitative estimate of drug-likeness (QED) is 0.488. The minimum Gasteiger partial charge on any atom is -0.497 e. The van der Waals surface area contributed by atoms with Crippen LogP contribution in [0.1, 0.15) is 50.3 Å². The number of piperidine rings is 1. The van der Waals surface area contributed by atoms with E-state index < -0.39 is 5.82 Å². The highest BCUT2D eigenvalue weighted by atomic mass is 19.1. The first-order chi connectivity index (χ1) is 19.4. The minimum absolute atomic E-state index is 0.0644. The topological polar surface area (TPSA) is 82.2 Å². The Morgan fingerprint density at radius 2 is 1.45 bits per heavy atom. The van der Waals surface area contributed by atoms with Crippen LogP contribution in [0.5, 0.6) is 5.75 Å². The Morgan fingerprint density at radius 3 is 2.17 bits per heavy atom. The van der Waals surface area contributed by atoms with E-state index >= 15 is 0 Å². The van der Waals surface area contributed by atoms with E-state index in [2.05, 4.69) is 10.2 Å². The molecule has 208 valence electrons. The average Bonchev–Trinajstić information content (AvgIpc) is 3.01. The van der Waals surface area contributed by atoms with Gasteiger partial charge in [-0.05, 0) is 73.9 Å². The van der Waals surface area contributed by atoms with E-state index in [1.54, 1.807) is 54.5 Å². The van der Waals surface area contributed by atoms with Crippen molar-refractivity contribution in [2.45, 2.75) is 19.3 Å². The number of anilines is 2. The second-order valence-electron chi connectivity index (χ2n) is 10.1. The van der Waals surface area contributed by atoms with Gasteiger partial charge in [-0.15, -0.1) is 0 Å². The highest BCUT2D eigenvalue weighted by Crippen LogP contribution is 2.29. The maximum Gasteiger partial charge on any atom is 0.256 e. The molecule has 9 heteroatoms. The molecule has 0 atom stereocenters. The molecule has 2 aliphatic rings. The number of carbonyl (C=O) groups is 3. The molecule has 0 aromatic heterocycles. The number of hydrogen-bond donors (Lipinski definition) is 1. The zero-order valence-electron chi connectivity index (χ0n) is 22.6. The van der Waals surface area contributed by atoms with E-state index in [-0.39, 0.29) is 17.7 Å². The molecule has 0 bridgehead atoms. The van der Waals surface area contributed by atoms with E-state index in [1.165, 1.54) is 18.2 Å². The van der Waals surface area contributed by atoms with Gasteiger partial charge in [0.05, 0.1) is 12.7 Å². The zero-order valence-corrected chi connectivity index (χ0v) is 22.6. The maximum absolute atomic E-state index is 13.7. The minimum atomic E-state index is -0.441. The second-order valence-corrected chi connectivity index (χ2v) is 10.1. The highest BCUT2D eigenvalue weighted by Gasteiger charge is 2.28. The van der Waals surface area contributed by atoms with Crippen molar-refractivity contribution >= 4 is 29.1 Å². The number of likely N-dealkylation sites (tertiary alicyclic amines) is 1. The molecule has 40 heavy (non-hydrogen) atoms. The molecule has 0 aliphatic carbocycles. The Kier molecular flexibility index (Phi) is 8.28. The third-order valence-corrected chi connectivity index (χ3v) is 7.44. The summed E-state index contributed by atoms with van der Waals surface area (Å²) in [6, 6.07) is 18.0. The maximum atomic E-state index is 13.7. The summed E-state index contributed by atoms with van der Waals surface area (Å²) in [6.45, 7) is 3.35. The van der Waals surface area contributed by atoms with Gasteiger partial charge in [-0.3, -0.25) is 14.4 Å². The SMILES string of the molecule is COc1cccc(C(=O)Nc2ccc(N3CCN(C(=O)c4cccc(F)c4)CC3)c(C(=O)N3CCCCC3)c2)c1. The van der Waals surface area contributed by atoms with E-state index in [9.17, 15) is 18.8 Å². The van der Waals surface area contributed by atoms with Crippen LogP contribution in [0.4, 0.5) is 15.8 Å². The highest BCUT2D eigenvalue weighted by molar-refractivity contribution is 6.06. The Balaban J connectivity index is 1.36. The molecule has 3 aromatic rings. The van der Waals surface area contributed by atoms with Gasteiger partial charge in [0, 0.05) is 61.8 Å². The fourth-order valence-electron chi connectivity index (χ4n) is 5.25. The van der Waals surface area contributed by atoms with Crippen molar-refractivity contribution in [1.29, 1.82) is 0 Å². The van der Waals surface area contributed by atoms with Crippen LogP contribution in [-0.4, -0.2) is 73.9 Å². The Bertz CT molecular complexity index is 1400. The van der Waals surface area contributed by atoms with Crippen molar-refractivity contribution in [3.05, 3.63) is 89.2 Å². The number of ether oxygens (including phenoxy) is 1. The van der Waals surface area contributed by atoms with Gasteiger partial charge in [0.15, 0.2) is 0 Å².